The molecule has 0 spiro atoms. The van der Waals surface area contributed by atoms with Gasteiger partial charge in [0.2, 0.25) is 10.0 Å². The van der Waals surface area contributed by atoms with Gasteiger partial charge in [0.05, 0.1) is 11.4 Å². The SMILES string of the molecule is CN(C[C@@H]1COc2ccccc2O1)S(=O)(=O)c1ccc2ccccc2c1. The summed E-state index contributed by atoms with van der Waals surface area (Å²) in [6.45, 7) is 0.526. The van der Waals surface area contributed by atoms with Crippen LogP contribution in [0.2, 0.25) is 0 Å². The molecule has 0 aromatic heterocycles. The molecule has 0 fully saturated rings. The Morgan fingerprint density at radius 3 is 2.46 bits per heavy atom. The number of rotatable bonds is 4. The van der Waals surface area contributed by atoms with E-state index in [1.54, 1.807) is 19.2 Å². The zero-order valence-corrected chi connectivity index (χ0v) is 15.1. The molecule has 0 unspecified atom stereocenters. The molecule has 134 valence electrons. The summed E-state index contributed by atoms with van der Waals surface area (Å²) in [5.74, 6) is 1.32. The third-order valence-electron chi connectivity index (χ3n) is 4.46. The van der Waals surface area contributed by atoms with Crippen molar-refractivity contribution in [1.82, 2.24) is 4.31 Å². The van der Waals surface area contributed by atoms with Gasteiger partial charge in [-0.3, -0.25) is 0 Å². The van der Waals surface area contributed by atoms with Crippen molar-refractivity contribution in [2.75, 3.05) is 20.2 Å². The number of fused-ring (bicyclic) bond motifs is 2. The Balaban J connectivity index is 1.54. The smallest absolute Gasteiger partial charge is 0.242 e. The summed E-state index contributed by atoms with van der Waals surface area (Å²) in [5.41, 5.74) is 0. The monoisotopic (exact) mass is 369 g/mol. The van der Waals surface area contributed by atoms with Crippen molar-refractivity contribution in [1.29, 1.82) is 0 Å². The van der Waals surface area contributed by atoms with E-state index in [4.69, 9.17) is 9.47 Å². The molecule has 0 aliphatic carbocycles. The van der Waals surface area contributed by atoms with Crippen molar-refractivity contribution < 1.29 is 17.9 Å². The molecule has 0 N–H and O–H groups in total. The molecule has 0 bridgehead atoms. The molecule has 26 heavy (non-hydrogen) atoms. The van der Waals surface area contributed by atoms with Crippen LogP contribution in [0.4, 0.5) is 0 Å². The molecular weight excluding hydrogens is 350 g/mol. The van der Waals surface area contributed by atoms with E-state index in [0.29, 0.717) is 18.1 Å². The van der Waals surface area contributed by atoms with E-state index in [-0.39, 0.29) is 17.5 Å². The average molecular weight is 369 g/mol. The van der Waals surface area contributed by atoms with Gasteiger partial charge in [-0.05, 0) is 35.0 Å². The molecular formula is C20H19NO4S. The summed E-state index contributed by atoms with van der Waals surface area (Å²) in [5, 5.41) is 1.91. The van der Waals surface area contributed by atoms with Crippen LogP contribution < -0.4 is 9.47 Å². The number of para-hydroxylation sites is 2. The molecule has 1 atom stereocenters. The third-order valence-corrected chi connectivity index (χ3v) is 6.28. The molecule has 1 aliphatic rings. The first-order valence-corrected chi connectivity index (χ1v) is 9.82. The lowest BCUT2D eigenvalue weighted by molar-refractivity contribution is 0.0798. The lowest BCUT2D eigenvalue weighted by atomic mass is 10.1. The second-order valence-electron chi connectivity index (χ2n) is 6.29. The van der Waals surface area contributed by atoms with Crippen LogP contribution in [0.5, 0.6) is 11.5 Å². The largest absolute Gasteiger partial charge is 0.486 e. The number of nitrogens with zero attached hydrogens (tertiary/aromatic N) is 1. The first-order chi connectivity index (χ1) is 12.5. The van der Waals surface area contributed by atoms with Crippen molar-refractivity contribution >= 4 is 20.8 Å². The van der Waals surface area contributed by atoms with Gasteiger partial charge in [-0.2, -0.15) is 4.31 Å². The van der Waals surface area contributed by atoms with Gasteiger partial charge in [0, 0.05) is 7.05 Å². The van der Waals surface area contributed by atoms with Gasteiger partial charge in [-0.1, -0.05) is 42.5 Å². The van der Waals surface area contributed by atoms with Crippen molar-refractivity contribution in [2.45, 2.75) is 11.0 Å². The van der Waals surface area contributed by atoms with E-state index in [2.05, 4.69) is 0 Å². The Hall–Kier alpha value is -2.57. The minimum Gasteiger partial charge on any atom is -0.486 e. The van der Waals surface area contributed by atoms with Gasteiger partial charge in [-0.25, -0.2) is 8.42 Å². The second-order valence-corrected chi connectivity index (χ2v) is 8.34. The first-order valence-electron chi connectivity index (χ1n) is 8.38. The number of sulfonamides is 1. The van der Waals surface area contributed by atoms with E-state index >= 15 is 0 Å². The van der Waals surface area contributed by atoms with E-state index in [1.165, 1.54) is 4.31 Å². The average Bonchev–Trinajstić information content (AvgIpc) is 2.67. The Morgan fingerprint density at radius 1 is 0.962 bits per heavy atom. The summed E-state index contributed by atoms with van der Waals surface area (Å²) in [4.78, 5) is 0.274. The maximum Gasteiger partial charge on any atom is 0.242 e. The number of hydrogen-bond acceptors (Lipinski definition) is 4. The standard InChI is InChI=1S/C20H19NO4S/c1-21(13-17-14-24-19-8-4-5-9-20(19)25-17)26(22,23)18-11-10-15-6-2-3-7-16(15)12-18/h2-12,17H,13-14H2,1H3/t17-/m1/s1. The molecule has 3 aromatic rings. The Bertz CT molecular complexity index is 1050. The quantitative estimate of drug-likeness (QED) is 0.708. The summed E-state index contributed by atoms with van der Waals surface area (Å²) in [7, 11) is -2.05. The molecule has 5 nitrogen and oxygen atoms in total. The highest BCUT2D eigenvalue weighted by Crippen LogP contribution is 2.31. The van der Waals surface area contributed by atoms with Crippen molar-refractivity contribution in [3.8, 4) is 11.5 Å². The second kappa shape index (κ2) is 6.63. The van der Waals surface area contributed by atoms with Crippen LogP contribution in [0.1, 0.15) is 0 Å². The topological polar surface area (TPSA) is 55.8 Å². The van der Waals surface area contributed by atoms with Gasteiger partial charge in [0.15, 0.2) is 11.5 Å². The minimum absolute atomic E-state index is 0.212. The van der Waals surface area contributed by atoms with Crippen LogP contribution in [0, 0.1) is 0 Å². The highest BCUT2D eigenvalue weighted by molar-refractivity contribution is 7.89. The number of benzene rings is 3. The van der Waals surface area contributed by atoms with Crippen molar-refractivity contribution in [2.24, 2.45) is 0 Å². The molecule has 4 rings (SSSR count). The molecule has 0 saturated carbocycles. The normalized spacial score (nSPS) is 16.8. The zero-order valence-electron chi connectivity index (χ0n) is 14.3. The number of ether oxygens (including phenoxy) is 2. The zero-order chi connectivity index (χ0) is 18.1. The number of hydrogen-bond donors (Lipinski definition) is 0. The number of likely N-dealkylation sites (N-methyl/N-ethyl adjacent to an activating group) is 1. The lowest BCUT2D eigenvalue weighted by Crippen LogP contribution is -2.41. The van der Waals surface area contributed by atoms with Crippen LogP contribution in [-0.2, 0) is 10.0 Å². The fourth-order valence-electron chi connectivity index (χ4n) is 3.05. The highest BCUT2D eigenvalue weighted by atomic mass is 32.2. The minimum atomic E-state index is -3.61. The fraction of sp³-hybridized carbons (Fsp3) is 0.200. The van der Waals surface area contributed by atoms with E-state index in [9.17, 15) is 8.42 Å². The molecule has 1 heterocycles. The Morgan fingerprint density at radius 2 is 1.65 bits per heavy atom. The molecule has 6 heteroatoms. The summed E-state index contributed by atoms with van der Waals surface area (Å²) in [6.07, 6.45) is -0.356. The summed E-state index contributed by atoms with van der Waals surface area (Å²) >= 11 is 0. The van der Waals surface area contributed by atoms with Crippen LogP contribution in [0.25, 0.3) is 10.8 Å². The lowest BCUT2D eigenvalue weighted by Gasteiger charge is -2.29. The van der Waals surface area contributed by atoms with Gasteiger partial charge in [0.1, 0.15) is 12.7 Å². The van der Waals surface area contributed by atoms with E-state index in [0.717, 1.165) is 10.8 Å². The van der Waals surface area contributed by atoms with Gasteiger partial charge in [-0.15, -0.1) is 0 Å². The van der Waals surface area contributed by atoms with E-state index in [1.807, 2.05) is 54.6 Å². The molecule has 3 aromatic carbocycles. The van der Waals surface area contributed by atoms with Crippen LogP contribution >= 0.6 is 0 Å². The van der Waals surface area contributed by atoms with Crippen LogP contribution in [0.15, 0.2) is 71.6 Å². The highest BCUT2D eigenvalue weighted by Gasteiger charge is 2.28. The fourth-order valence-corrected chi connectivity index (χ4v) is 4.28. The summed E-state index contributed by atoms with van der Waals surface area (Å²) in [6, 6.07) is 20.2. The van der Waals surface area contributed by atoms with Gasteiger partial charge >= 0.3 is 0 Å². The molecule has 0 radical (unpaired) electrons. The van der Waals surface area contributed by atoms with Crippen molar-refractivity contribution in [3.05, 3.63) is 66.7 Å². The van der Waals surface area contributed by atoms with Crippen LogP contribution in [-0.4, -0.2) is 39.0 Å². The van der Waals surface area contributed by atoms with E-state index < -0.39 is 10.0 Å². The molecule has 0 saturated heterocycles. The predicted molar refractivity (Wildman–Crippen MR) is 100 cm³/mol. The maximum atomic E-state index is 12.9. The Kier molecular flexibility index (Phi) is 4.30. The Labute approximate surface area is 152 Å². The van der Waals surface area contributed by atoms with Gasteiger partial charge in [0.25, 0.3) is 0 Å². The van der Waals surface area contributed by atoms with Crippen molar-refractivity contribution in [3.63, 3.8) is 0 Å². The van der Waals surface area contributed by atoms with Crippen LogP contribution in [0.3, 0.4) is 0 Å². The first kappa shape index (κ1) is 16.9. The predicted octanol–water partition coefficient (Wildman–Crippen LogP) is 3.30. The van der Waals surface area contributed by atoms with Gasteiger partial charge < -0.3 is 9.47 Å². The maximum absolute atomic E-state index is 12.9. The third kappa shape index (κ3) is 3.13. The molecule has 0 amide bonds. The molecule has 1 aliphatic heterocycles. The summed E-state index contributed by atoms with van der Waals surface area (Å²) < 4.78 is 38.7.